The molecule has 1 unspecified atom stereocenters. The maximum absolute atomic E-state index is 12.1. The van der Waals surface area contributed by atoms with E-state index in [1.165, 1.54) is 0 Å². The van der Waals surface area contributed by atoms with Crippen molar-refractivity contribution in [3.05, 3.63) is 30.1 Å². The molecule has 1 aliphatic rings. The lowest BCUT2D eigenvalue weighted by molar-refractivity contribution is -0.140. The van der Waals surface area contributed by atoms with Gasteiger partial charge in [-0.15, -0.1) is 0 Å². The smallest absolute Gasteiger partial charge is 0.223 e. The SMILES string of the molecule is O=C(CCc1cccnc1)N1CCCC(O)(CO)C1. The molecule has 0 saturated carbocycles. The second-order valence-corrected chi connectivity index (χ2v) is 5.16. The van der Waals surface area contributed by atoms with E-state index in [1.54, 1.807) is 17.3 Å². The molecule has 19 heavy (non-hydrogen) atoms. The standard InChI is InChI=1S/C14H20N2O3/c17-11-14(19)6-2-8-16(10-14)13(18)5-4-12-3-1-7-15-9-12/h1,3,7,9,17,19H,2,4-6,8,10-11H2. The number of piperidine rings is 1. The molecule has 1 saturated heterocycles. The van der Waals surface area contributed by atoms with Crippen molar-refractivity contribution in [3.63, 3.8) is 0 Å². The first-order chi connectivity index (χ1) is 9.13. The third-order valence-electron chi connectivity index (χ3n) is 3.55. The van der Waals surface area contributed by atoms with Crippen LogP contribution in [0.4, 0.5) is 0 Å². The van der Waals surface area contributed by atoms with Crippen molar-refractivity contribution < 1.29 is 15.0 Å². The molecule has 0 spiro atoms. The molecule has 0 aliphatic carbocycles. The summed E-state index contributed by atoms with van der Waals surface area (Å²) in [5.74, 6) is 0.0235. The van der Waals surface area contributed by atoms with Gasteiger partial charge < -0.3 is 15.1 Å². The zero-order valence-corrected chi connectivity index (χ0v) is 11.0. The van der Waals surface area contributed by atoms with Gasteiger partial charge in [0.1, 0.15) is 5.60 Å². The molecule has 104 valence electrons. The molecule has 1 atom stereocenters. The van der Waals surface area contributed by atoms with Gasteiger partial charge in [-0.05, 0) is 30.9 Å². The van der Waals surface area contributed by atoms with Crippen LogP contribution in [0.3, 0.4) is 0 Å². The van der Waals surface area contributed by atoms with E-state index in [0.717, 1.165) is 12.0 Å². The lowest BCUT2D eigenvalue weighted by Gasteiger charge is -2.38. The minimum absolute atomic E-state index is 0.0235. The fourth-order valence-corrected chi connectivity index (χ4v) is 2.41. The van der Waals surface area contributed by atoms with Crippen LogP contribution in [-0.4, -0.2) is 51.3 Å². The highest BCUT2D eigenvalue weighted by atomic mass is 16.3. The lowest BCUT2D eigenvalue weighted by Crippen LogP contribution is -2.52. The van der Waals surface area contributed by atoms with Crippen molar-refractivity contribution >= 4 is 5.91 Å². The fourth-order valence-electron chi connectivity index (χ4n) is 2.41. The molecule has 2 N–H and O–H groups in total. The molecule has 1 aromatic heterocycles. The fraction of sp³-hybridized carbons (Fsp3) is 0.571. The van der Waals surface area contributed by atoms with Crippen LogP contribution in [0.5, 0.6) is 0 Å². The summed E-state index contributed by atoms with van der Waals surface area (Å²) in [6.45, 7) is 0.600. The quantitative estimate of drug-likeness (QED) is 0.823. The number of carbonyl (C=O) groups excluding carboxylic acids is 1. The van der Waals surface area contributed by atoms with Gasteiger partial charge in [0.2, 0.25) is 5.91 Å². The summed E-state index contributed by atoms with van der Waals surface area (Å²) >= 11 is 0. The summed E-state index contributed by atoms with van der Waals surface area (Å²) in [6, 6.07) is 3.80. The van der Waals surface area contributed by atoms with Crippen molar-refractivity contribution in [3.8, 4) is 0 Å². The van der Waals surface area contributed by atoms with Crippen molar-refractivity contribution in [2.45, 2.75) is 31.3 Å². The van der Waals surface area contributed by atoms with Crippen molar-refractivity contribution in [1.82, 2.24) is 9.88 Å². The van der Waals surface area contributed by atoms with Gasteiger partial charge in [-0.1, -0.05) is 6.07 Å². The van der Waals surface area contributed by atoms with Gasteiger partial charge in [0, 0.05) is 25.4 Å². The number of hydrogen-bond donors (Lipinski definition) is 2. The Morgan fingerprint density at radius 3 is 3.05 bits per heavy atom. The largest absolute Gasteiger partial charge is 0.393 e. The number of aliphatic hydroxyl groups excluding tert-OH is 1. The molecule has 0 radical (unpaired) electrons. The highest BCUT2D eigenvalue weighted by molar-refractivity contribution is 5.76. The first-order valence-corrected chi connectivity index (χ1v) is 6.63. The molecule has 5 heteroatoms. The molecule has 1 fully saturated rings. The minimum atomic E-state index is -1.12. The number of aliphatic hydroxyl groups is 2. The molecular formula is C14H20N2O3. The second-order valence-electron chi connectivity index (χ2n) is 5.16. The molecule has 0 bridgehead atoms. The van der Waals surface area contributed by atoms with E-state index in [4.69, 9.17) is 5.11 Å². The number of nitrogens with zero attached hydrogens (tertiary/aromatic N) is 2. The van der Waals surface area contributed by atoms with Gasteiger partial charge in [0.25, 0.3) is 0 Å². The Morgan fingerprint density at radius 2 is 2.37 bits per heavy atom. The average molecular weight is 264 g/mol. The molecule has 1 amide bonds. The summed E-state index contributed by atoms with van der Waals surface area (Å²) in [7, 11) is 0. The summed E-state index contributed by atoms with van der Waals surface area (Å²) in [5, 5.41) is 19.2. The van der Waals surface area contributed by atoms with E-state index < -0.39 is 5.60 Å². The van der Waals surface area contributed by atoms with Crippen molar-refractivity contribution in [2.75, 3.05) is 19.7 Å². The first-order valence-electron chi connectivity index (χ1n) is 6.63. The zero-order chi connectivity index (χ0) is 13.7. The Hall–Kier alpha value is -1.46. The van der Waals surface area contributed by atoms with E-state index in [2.05, 4.69) is 4.98 Å². The number of carbonyl (C=O) groups is 1. The lowest BCUT2D eigenvalue weighted by atomic mass is 9.93. The molecule has 1 aliphatic heterocycles. The molecule has 2 rings (SSSR count). The highest BCUT2D eigenvalue weighted by Gasteiger charge is 2.34. The number of aromatic nitrogens is 1. The van der Waals surface area contributed by atoms with E-state index >= 15 is 0 Å². The van der Waals surface area contributed by atoms with Gasteiger partial charge in [0.15, 0.2) is 0 Å². The maximum Gasteiger partial charge on any atom is 0.223 e. The average Bonchev–Trinajstić information content (AvgIpc) is 2.46. The summed E-state index contributed by atoms with van der Waals surface area (Å²) in [4.78, 5) is 17.8. The number of aryl methyl sites for hydroxylation is 1. The van der Waals surface area contributed by atoms with E-state index in [1.807, 2.05) is 12.1 Å². The third kappa shape index (κ3) is 3.75. The predicted molar refractivity (Wildman–Crippen MR) is 70.4 cm³/mol. The van der Waals surface area contributed by atoms with Gasteiger partial charge in [-0.3, -0.25) is 9.78 Å². The number of pyridine rings is 1. The van der Waals surface area contributed by atoms with Gasteiger partial charge in [0.05, 0.1) is 13.2 Å². The van der Waals surface area contributed by atoms with Crippen molar-refractivity contribution in [1.29, 1.82) is 0 Å². The van der Waals surface area contributed by atoms with Crippen LogP contribution in [0.2, 0.25) is 0 Å². The number of β-amino-alcohol motifs (C(OH)–C–C–N with tert-alkyl or cyclic N) is 1. The van der Waals surface area contributed by atoms with Gasteiger partial charge in [-0.2, -0.15) is 0 Å². The summed E-state index contributed by atoms with van der Waals surface area (Å²) < 4.78 is 0. The Bertz CT molecular complexity index is 424. The minimum Gasteiger partial charge on any atom is -0.393 e. The normalized spacial score (nSPS) is 23.4. The Kier molecular flexibility index (Phi) is 4.50. The number of likely N-dealkylation sites (tertiary alicyclic amines) is 1. The van der Waals surface area contributed by atoms with Crippen molar-refractivity contribution in [2.24, 2.45) is 0 Å². The first kappa shape index (κ1) is 14.0. The number of hydrogen-bond acceptors (Lipinski definition) is 4. The van der Waals surface area contributed by atoms with E-state index in [9.17, 15) is 9.90 Å². The van der Waals surface area contributed by atoms with Crippen LogP contribution in [0, 0.1) is 0 Å². The zero-order valence-electron chi connectivity index (χ0n) is 11.0. The molecule has 2 heterocycles. The molecule has 5 nitrogen and oxygen atoms in total. The van der Waals surface area contributed by atoms with Gasteiger partial charge >= 0.3 is 0 Å². The van der Waals surface area contributed by atoms with Crippen LogP contribution in [-0.2, 0) is 11.2 Å². The number of amides is 1. The van der Waals surface area contributed by atoms with E-state index in [-0.39, 0.29) is 19.1 Å². The molecular weight excluding hydrogens is 244 g/mol. The topological polar surface area (TPSA) is 73.7 Å². The summed E-state index contributed by atoms with van der Waals surface area (Å²) in [6.07, 6.45) is 5.81. The van der Waals surface area contributed by atoms with Crippen LogP contribution in [0.15, 0.2) is 24.5 Å². The molecule has 0 aromatic carbocycles. The maximum atomic E-state index is 12.1. The Balaban J connectivity index is 1.86. The van der Waals surface area contributed by atoms with Crippen LogP contribution in [0.25, 0.3) is 0 Å². The monoisotopic (exact) mass is 264 g/mol. The van der Waals surface area contributed by atoms with Crippen LogP contribution in [0.1, 0.15) is 24.8 Å². The predicted octanol–water partition coefficient (Wildman–Crippen LogP) is 0.360. The highest BCUT2D eigenvalue weighted by Crippen LogP contribution is 2.21. The Morgan fingerprint density at radius 1 is 1.53 bits per heavy atom. The van der Waals surface area contributed by atoms with Gasteiger partial charge in [-0.25, -0.2) is 0 Å². The Labute approximate surface area is 112 Å². The van der Waals surface area contributed by atoms with Crippen LogP contribution < -0.4 is 0 Å². The summed E-state index contributed by atoms with van der Waals surface area (Å²) in [5.41, 5.74) is -0.0901. The number of rotatable bonds is 4. The second kappa shape index (κ2) is 6.12. The van der Waals surface area contributed by atoms with Crippen LogP contribution >= 0.6 is 0 Å². The van der Waals surface area contributed by atoms with E-state index in [0.29, 0.717) is 25.8 Å². The molecule has 1 aromatic rings. The third-order valence-corrected chi connectivity index (χ3v) is 3.55.